The number of hydrogen-bond acceptors (Lipinski definition) is 3. The number of carbonyl (C=O) groups excluding carboxylic acids is 1. The third kappa shape index (κ3) is 4.71. The monoisotopic (exact) mass is 351 g/mol. The normalized spacial score (nSPS) is 17.6. The summed E-state index contributed by atoms with van der Waals surface area (Å²) in [6.45, 7) is 1.08. The third-order valence-electron chi connectivity index (χ3n) is 5.14. The van der Waals surface area contributed by atoms with E-state index < -0.39 is 0 Å². The Morgan fingerprint density at radius 2 is 1.85 bits per heavy atom. The van der Waals surface area contributed by atoms with E-state index in [0.717, 1.165) is 25.8 Å². The molecule has 2 aromatic rings. The van der Waals surface area contributed by atoms with Gasteiger partial charge in [0, 0.05) is 12.6 Å². The molecule has 0 aliphatic heterocycles. The molecule has 0 saturated heterocycles. The first-order chi connectivity index (χ1) is 12.6. The fourth-order valence-electron chi connectivity index (χ4n) is 3.75. The van der Waals surface area contributed by atoms with Crippen LogP contribution in [0.15, 0.2) is 54.6 Å². The zero-order valence-corrected chi connectivity index (χ0v) is 15.7. The number of aryl methyl sites for hydroxylation is 1. The van der Waals surface area contributed by atoms with Gasteiger partial charge in [-0.2, -0.15) is 0 Å². The van der Waals surface area contributed by atoms with Gasteiger partial charge in [-0.1, -0.05) is 54.6 Å². The van der Waals surface area contributed by atoms with Crippen LogP contribution in [0.5, 0.6) is 0 Å². The lowest BCUT2D eigenvalue weighted by Crippen LogP contribution is -2.40. The van der Waals surface area contributed by atoms with Crippen molar-refractivity contribution in [3.8, 4) is 0 Å². The molecule has 2 aromatic carbocycles. The first-order valence-electron chi connectivity index (χ1n) is 9.44. The van der Waals surface area contributed by atoms with Gasteiger partial charge in [0.15, 0.2) is 0 Å². The molecule has 0 fully saturated rings. The highest BCUT2D eigenvalue weighted by Gasteiger charge is 2.21. The number of rotatable bonds is 7. The van der Waals surface area contributed by atoms with Crippen LogP contribution in [0.1, 0.15) is 41.6 Å². The smallest absolute Gasteiger partial charge is 0.234 e. The number of fused-ring (bicyclic) bond motifs is 1. The number of nitrogens with zero attached hydrogens (tertiary/aromatic N) is 1. The Labute approximate surface area is 156 Å². The van der Waals surface area contributed by atoms with Gasteiger partial charge in [0.1, 0.15) is 0 Å². The summed E-state index contributed by atoms with van der Waals surface area (Å²) in [7, 11) is 4.14. The summed E-state index contributed by atoms with van der Waals surface area (Å²) in [5.74, 6) is 0.0669. The van der Waals surface area contributed by atoms with Crippen molar-refractivity contribution in [1.82, 2.24) is 15.5 Å². The standard InChI is InChI=1S/C22H29N3O/c1-25(2)21(18-10-4-3-5-11-18)15-23-16-22(26)24-20-14-8-12-17-9-6-7-13-19(17)20/h3-7,9-11,13,20-21,23H,8,12,14-16H2,1-2H3,(H,24,26)/t20-,21+/m0/s1. The van der Waals surface area contributed by atoms with Crippen LogP contribution in [0.25, 0.3) is 0 Å². The number of hydrogen-bond donors (Lipinski definition) is 2. The van der Waals surface area contributed by atoms with Crippen LogP contribution in [0.4, 0.5) is 0 Å². The van der Waals surface area contributed by atoms with Crippen molar-refractivity contribution in [1.29, 1.82) is 0 Å². The van der Waals surface area contributed by atoms with Crippen molar-refractivity contribution in [2.24, 2.45) is 0 Å². The second-order valence-electron chi connectivity index (χ2n) is 7.23. The quantitative estimate of drug-likeness (QED) is 0.806. The maximum atomic E-state index is 12.4. The highest BCUT2D eigenvalue weighted by atomic mass is 16.1. The zero-order valence-electron chi connectivity index (χ0n) is 15.7. The van der Waals surface area contributed by atoms with Gasteiger partial charge in [-0.25, -0.2) is 0 Å². The fraction of sp³-hybridized carbons (Fsp3) is 0.409. The Kier molecular flexibility index (Phi) is 6.42. The second-order valence-corrected chi connectivity index (χ2v) is 7.23. The molecule has 0 bridgehead atoms. The predicted molar refractivity (Wildman–Crippen MR) is 106 cm³/mol. The van der Waals surface area contributed by atoms with Crippen molar-refractivity contribution in [3.05, 3.63) is 71.3 Å². The summed E-state index contributed by atoms with van der Waals surface area (Å²) in [6.07, 6.45) is 3.27. The van der Waals surface area contributed by atoms with E-state index in [2.05, 4.69) is 78.2 Å². The highest BCUT2D eigenvalue weighted by Crippen LogP contribution is 2.29. The molecule has 3 rings (SSSR count). The van der Waals surface area contributed by atoms with Gasteiger partial charge >= 0.3 is 0 Å². The maximum Gasteiger partial charge on any atom is 0.234 e. The zero-order chi connectivity index (χ0) is 18.4. The van der Waals surface area contributed by atoms with Crippen LogP contribution in [-0.2, 0) is 11.2 Å². The van der Waals surface area contributed by atoms with Gasteiger partial charge in [-0.15, -0.1) is 0 Å². The first-order valence-corrected chi connectivity index (χ1v) is 9.44. The molecule has 0 unspecified atom stereocenters. The Morgan fingerprint density at radius 3 is 2.62 bits per heavy atom. The van der Waals surface area contributed by atoms with Gasteiger partial charge < -0.3 is 15.5 Å². The molecular weight excluding hydrogens is 322 g/mol. The Hall–Kier alpha value is -2.17. The Balaban J connectivity index is 1.52. The van der Waals surface area contributed by atoms with Crippen molar-refractivity contribution in [2.75, 3.05) is 27.2 Å². The molecule has 1 amide bonds. The van der Waals surface area contributed by atoms with Crippen LogP contribution < -0.4 is 10.6 Å². The average Bonchev–Trinajstić information content (AvgIpc) is 2.66. The van der Waals surface area contributed by atoms with E-state index in [9.17, 15) is 4.79 Å². The molecule has 2 N–H and O–H groups in total. The molecule has 4 heteroatoms. The molecular formula is C22H29N3O. The molecule has 0 radical (unpaired) electrons. The summed E-state index contributed by atoms with van der Waals surface area (Å²) >= 11 is 0. The number of benzene rings is 2. The number of likely N-dealkylation sites (N-methyl/N-ethyl adjacent to an activating group) is 1. The van der Waals surface area contributed by atoms with Gasteiger partial charge in [-0.3, -0.25) is 4.79 Å². The van der Waals surface area contributed by atoms with Crippen LogP contribution in [0, 0.1) is 0 Å². The molecule has 26 heavy (non-hydrogen) atoms. The van der Waals surface area contributed by atoms with E-state index in [0.29, 0.717) is 6.54 Å². The van der Waals surface area contributed by atoms with E-state index in [1.807, 2.05) is 6.07 Å². The third-order valence-corrected chi connectivity index (χ3v) is 5.14. The summed E-state index contributed by atoms with van der Waals surface area (Å²) in [5.41, 5.74) is 3.91. The van der Waals surface area contributed by atoms with E-state index in [4.69, 9.17) is 0 Å². The summed E-state index contributed by atoms with van der Waals surface area (Å²) in [5, 5.41) is 6.53. The van der Waals surface area contributed by atoms with Crippen LogP contribution in [0.2, 0.25) is 0 Å². The van der Waals surface area contributed by atoms with Crippen LogP contribution >= 0.6 is 0 Å². The summed E-state index contributed by atoms with van der Waals surface area (Å²) in [6, 6.07) is 19.2. The van der Waals surface area contributed by atoms with Gasteiger partial charge in [-0.05, 0) is 50.0 Å². The first kappa shape index (κ1) is 18.6. The van der Waals surface area contributed by atoms with Crippen molar-refractivity contribution >= 4 is 5.91 Å². The van der Waals surface area contributed by atoms with Crippen molar-refractivity contribution in [2.45, 2.75) is 31.3 Å². The highest BCUT2D eigenvalue weighted by molar-refractivity contribution is 5.78. The summed E-state index contributed by atoms with van der Waals surface area (Å²) < 4.78 is 0. The van der Waals surface area contributed by atoms with Gasteiger partial charge in [0.25, 0.3) is 0 Å². The Bertz CT molecular complexity index is 714. The molecule has 2 atom stereocenters. The molecule has 4 nitrogen and oxygen atoms in total. The molecule has 0 saturated carbocycles. The predicted octanol–water partition coefficient (Wildman–Crippen LogP) is 3.07. The SMILES string of the molecule is CN(C)[C@H](CNCC(=O)N[C@H]1CCCc2ccccc21)c1ccccc1. The summed E-state index contributed by atoms with van der Waals surface area (Å²) in [4.78, 5) is 14.6. The number of carbonyl (C=O) groups is 1. The molecule has 0 aromatic heterocycles. The van der Waals surface area contributed by atoms with Crippen LogP contribution in [0.3, 0.4) is 0 Å². The van der Waals surface area contributed by atoms with Gasteiger partial charge in [0.05, 0.1) is 12.6 Å². The lowest BCUT2D eigenvalue weighted by Gasteiger charge is -2.27. The lowest BCUT2D eigenvalue weighted by atomic mass is 9.88. The minimum Gasteiger partial charge on any atom is -0.348 e. The van der Waals surface area contributed by atoms with E-state index in [-0.39, 0.29) is 18.0 Å². The fourth-order valence-corrected chi connectivity index (χ4v) is 3.75. The number of amides is 1. The minimum absolute atomic E-state index is 0.0669. The molecule has 1 aliphatic carbocycles. The molecule has 1 aliphatic rings. The molecule has 0 spiro atoms. The van der Waals surface area contributed by atoms with Crippen molar-refractivity contribution in [3.63, 3.8) is 0 Å². The number of nitrogens with one attached hydrogen (secondary N) is 2. The lowest BCUT2D eigenvalue weighted by molar-refractivity contribution is -0.121. The van der Waals surface area contributed by atoms with E-state index >= 15 is 0 Å². The Morgan fingerprint density at radius 1 is 1.12 bits per heavy atom. The van der Waals surface area contributed by atoms with Crippen LogP contribution in [-0.4, -0.2) is 38.0 Å². The van der Waals surface area contributed by atoms with Gasteiger partial charge in [0.2, 0.25) is 5.91 Å². The van der Waals surface area contributed by atoms with Crippen molar-refractivity contribution < 1.29 is 4.79 Å². The van der Waals surface area contributed by atoms with E-state index in [1.54, 1.807) is 0 Å². The molecule has 138 valence electrons. The maximum absolute atomic E-state index is 12.4. The topological polar surface area (TPSA) is 44.4 Å². The second kappa shape index (κ2) is 8.97. The minimum atomic E-state index is 0.0669. The average molecular weight is 351 g/mol. The molecule has 0 heterocycles. The van der Waals surface area contributed by atoms with E-state index in [1.165, 1.54) is 16.7 Å². The largest absolute Gasteiger partial charge is 0.348 e.